The number of nitrogens with zero attached hydrogens (tertiary/aromatic N) is 4. The van der Waals surface area contributed by atoms with E-state index < -0.39 is 16.5 Å². The van der Waals surface area contributed by atoms with Crippen molar-refractivity contribution in [3.63, 3.8) is 0 Å². The van der Waals surface area contributed by atoms with Gasteiger partial charge in [-0.15, -0.1) is 0 Å². The van der Waals surface area contributed by atoms with Gasteiger partial charge >= 0.3 is 5.69 Å². The lowest BCUT2D eigenvalue weighted by atomic mass is 10.2. The fraction of sp³-hybridized carbons (Fsp3) is 0.385. The lowest BCUT2D eigenvalue weighted by Gasteiger charge is -2.07. The molecule has 0 aliphatic heterocycles. The molecule has 1 unspecified atom stereocenters. The molecular weight excluding hydrogens is 334 g/mol. The van der Waals surface area contributed by atoms with Gasteiger partial charge in [-0.3, -0.25) is 9.19 Å². The lowest BCUT2D eigenvalue weighted by Crippen LogP contribution is -2.13. The summed E-state index contributed by atoms with van der Waals surface area (Å²) in [6.07, 6.45) is 5.45. The zero-order valence-electron chi connectivity index (χ0n) is 12.7. The van der Waals surface area contributed by atoms with Crippen molar-refractivity contribution in [1.82, 2.24) is 29.5 Å². The van der Waals surface area contributed by atoms with Crippen molar-refractivity contribution in [2.75, 3.05) is 11.6 Å². The van der Waals surface area contributed by atoms with Gasteiger partial charge in [0.05, 0.1) is 22.7 Å². The van der Waals surface area contributed by atoms with Crippen molar-refractivity contribution in [1.29, 1.82) is 0 Å². The number of aromatic nitrogens is 6. The highest BCUT2D eigenvalue weighted by Gasteiger charge is 2.24. The minimum absolute atomic E-state index is 0.208. The fourth-order valence-corrected chi connectivity index (χ4v) is 2.82. The molecule has 4 rings (SSSR count). The third-order valence-electron chi connectivity index (χ3n) is 3.74. The fourth-order valence-electron chi connectivity index (χ4n) is 2.39. The SMILES string of the molecule is CS(=O)c1nc(NC2CC2)n2ncc(Cc3[nH]c(=O)[nH]c3O)c2n1. The van der Waals surface area contributed by atoms with Crippen LogP contribution in [0, 0.1) is 0 Å². The van der Waals surface area contributed by atoms with Gasteiger partial charge in [-0.1, -0.05) is 0 Å². The largest absolute Gasteiger partial charge is 0.493 e. The molecule has 11 heteroatoms. The summed E-state index contributed by atoms with van der Waals surface area (Å²) >= 11 is 0. The van der Waals surface area contributed by atoms with Crippen molar-refractivity contribution in [2.24, 2.45) is 0 Å². The smallest absolute Gasteiger partial charge is 0.325 e. The average molecular weight is 349 g/mol. The zero-order valence-corrected chi connectivity index (χ0v) is 13.6. The molecule has 1 atom stereocenters. The first-order valence-corrected chi connectivity index (χ1v) is 8.92. The van der Waals surface area contributed by atoms with Gasteiger partial charge < -0.3 is 15.4 Å². The monoisotopic (exact) mass is 349 g/mol. The second-order valence-electron chi connectivity index (χ2n) is 5.69. The van der Waals surface area contributed by atoms with Crippen LogP contribution in [0.25, 0.3) is 5.65 Å². The van der Waals surface area contributed by atoms with Gasteiger partial charge in [0.2, 0.25) is 17.0 Å². The summed E-state index contributed by atoms with van der Waals surface area (Å²) < 4.78 is 13.4. The Kier molecular flexibility index (Phi) is 3.37. The molecule has 1 aliphatic rings. The molecule has 1 aliphatic carbocycles. The Hall–Kier alpha value is -2.69. The summed E-state index contributed by atoms with van der Waals surface area (Å²) in [5.74, 6) is 0.273. The molecule has 3 aromatic rings. The van der Waals surface area contributed by atoms with E-state index in [-0.39, 0.29) is 17.5 Å². The standard InChI is InChI=1S/C13H15N7O3S/c1-24(23)13-17-9-6(4-8-10(21)18-12(22)16-8)5-14-20(9)11(19-13)15-7-2-3-7/h5,7,21H,2-4H2,1H3,(H,15,17,19)(H2,16,18,22). The van der Waals surface area contributed by atoms with Crippen LogP contribution >= 0.6 is 0 Å². The molecule has 4 N–H and O–H groups in total. The first kappa shape index (κ1) is 14.9. The molecule has 0 aromatic carbocycles. The van der Waals surface area contributed by atoms with Crippen LogP contribution in [0.1, 0.15) is 24.1 Å². The van der Waals surface area contributed by atoms with Crippen molar-refractivity contribution in [3.8, 4) is 5.88 Å². The van der Waals surface area contributed by atoms with Gasteiger partial charge in [0.1, 0.15) is 0 Å². The van der Waals surface area contributed by atoms with E-state index in [1.807, 2.05) is 0 Å². The molecule has 0 spiro atoms. The van der Waals surface area contributed by atoms with E-state index in [4.69, 9.17) is 0 Å². The molecule has 24 heavy (non-hydrogen) atoms. The zero-order chi connectivity index (χ0) is 16.8. The van der Waals surface area contributed by atoms with E-state index in [1.165, 1.54) is 6.26 Å². The Morgan fingerprint density at radius 1 is 1.42 bits per heavy atom. The van der Waals surface area contributed by atoms with E-state index in [0.717, 1.165) is 12.8 Å². The maximum atomic E-state index is 11.8. The predicted molar refractivity (Wildman–Crippen MR) is 85.6 cm³/mol. The number of fused-ring (bicyclic) bond motifs is 1. The molecule has 0 amide bonds. The van der Waals surface area contributed by atoms with Crippen molar-refractivity contribution in [2.45, 2.75) is 30.5 Å². The van der Waals surface area contributed by atoms with Crippen LogP contribution in [0.15, 0.2) is 16.1 Å². The Morgan fingerprint density at radius 2 is 2.21 bits per heavy atom. The highest BCUT2D eigenvalue weighted by molar-refractivity contribution is 7.84. The second kappa shape index (κ2) is 5.44. The van der Waals surface area contributed by atoms with Crippen molar-refractivity contribution < 1.29 is 9.32 Å². The third kappa shape index (κ3) is 2.66. The summed E-state index contributed by atoms with van der Waals surface area (Å²) in [5, 5.41) is 17.5. The van der Waals surface area contributed by atoms with E-state index in [2.05, 4.69) is 30.4 Å². The Morgan fingerprint density at radius 3 is 2.83 bits per heavy atom. The molecule has 126 valence electrons. The minimum atomic E-state index is -1.35. The molecule has 0 bridgehead atoms. The number of aromatic hydroxyl groups is 1. The molecule has 0 saturated heterocycles. The van der Waals surface area contributed by atoms with Gasteiger partial charge in [-0.2, -0.15) is 14.6 Å². The summed E-state index contributed by atoms with van der Waals surface area (Å²) in [7, 11) is -1.35. The third-order valence-corrected chi connectivity index (χ3v) is 4.43. The number of nitrogens with one attached hydrogen (secondary N) is 3. The van der Waals surface area contributed by atoms with Gasteiger partial charge in [0.15, 0.2) is 5.65 Å². The molecule has 1 fully saturated rings. The molecular formula is C13H15N7O3S. The lowest BCUT2D eigenvalue weighted by molar-refractivity contribution is 0.450. The number of hydrogen-bond donors (Lipinski definition) is 4. The Labute approximate surface area is 137 Å². The van der Waals surface area contributed by atoms with Gasteiger partial charge in [0.25, 0.3) is 0 Å². The van der Waals surface area contributed by atoms with Crippen LogP contribution in [-0.4, -0.2) is 51.2 Å². The number of rotatable bonds is 5. The van der Waals surface area contributed by atoms with Crippen LogP contribution in [0.5, 0.6) is 5.88 Å². The van der Waals surface area contributed by atoms with Gasteiger partial charge in [-0.25, -0.2) is 9.78 Å². The van der Waals surface area contributed by atoms with Crippen LogP contribution in [-0.2, 0) is 17.2 Å². The minimum Gasteiger partial charge on any atom is -0.493 e. The van der Waals surface area contributed by atoms with E-state index >= 15 is 0 Å². The molecule has 1 saturated carbocycles. The number of hydrogen-bond acceptors (Lipinski definition) is 7. The number of anilines is 1. The van der Waals surface area contributed by atoms with Crippen LogP contribution in [0.3, 0.4) is 0 Å². The molecule has 3 aromatic heterocycles. The normalized spacial score (nSPS) is 15.7. The van der Waals surface area contributed by atoms with E-state index in [1.54, 1.807) is 10.7 Å². The highest BCUT2D eigenvalue weighted by Crippen LogP contribution is 2.25. The van der Waals surface area contributed by atoms with Crippen LogP contribution < -0.4 is 11.0 Å². The molecule has 3 heterocycles. The number of imidazole rings is 1. The van der Waals surface area contributed by atoms with Crippen LogP contribution in [0.2, 0.25) is 0 Å². The molecule has 10 nitrogen and oxygen atoms in total. The summed E-state index contributed by atoms with van der Waals surface area (Å²) in [4.78, 5) is 24.7. The maximum absolute atomic E-state index is 11.8. The van der Waals surface area contributed by atoms with E-state index in [9.17, 15) is 14.1 Å². The number of aromatic amines is 2. The highest BCUT2D eigenvalue weighted by atomic mass is 32.2. The topological polar surface area (TPSA) is 141 Å². The van der Waals surface area contributed by atoms with E-state index in [0.29, 0.717) is 28.9 Å². The van der Waals surface area contributed by atoms with Crippen molar-refractivity contribution in [3.05, 3.63) is 27.9 Å². The summed E-state index contributed by atoms with van der Waals surface area (Å²) in [6, 6.07) is 0.346. The average Bonchev–Trinajstić information content (AvgIpc) is 3.16. The molecule has 0 radical (unpaired) electrons. The maximum Gasteiger partial charge on any atom is 0.325 e. The number of H-pyrrole nitrogens is 2. The summed E-state index contributed by atoms with van der Waals surface area (Å²) in [6.45, 7) is 0. The van der Waals surface area contributed by atoms with Gasteiger partial charge in [0, 0.05) is 24.3 Å². The van der Waals surface area contributed by atoms with Gasteiger partial charge in [-0.05, 0) is 12.8 Å². The van der Waals surface area contributed by atoms with Crippen molar-refractivity contribution >= 4 is 22.4 Å². The first-order chi connectivity index (χ1) is 11.5. The second-order valence-corrected chi connectivity index (χ2v) is 6.96. The Bertz CT molecular complexity index is 1000. The quantitative estimate of drug-likeness (QED) is 0.497. The summed E-state index contributed by atoms with van der Waals surface area (Å²) in [5.41, 5.74) is 1.01. The predicted octanol–water partition coefficient (Wildman–Crippen LogP) is -0.251. The van der Waals surface area contributed by atoms with Crippen LogP contribution in [0.4, 0.5) is 5.95 Å². The first-order valence-electron chi connectivity index (χ1n) is 7.36. The Balaban J connectivity index is 1.81.